The van der Waals surface area contributed by atoms with Gasteiger partial charge in [0.1, 0.15) is 6.33 Å². The number of carbonyl (C=O) groups is 1. The average molecular weight is 311 g/mol. The summed E-state index contributed by atoms with van der Waals surface area (Å²) in [6.07, 6.45) is 4.63. The standard InChI is InChI=1S/C17H21N5O/c1-13-4-3-5-15(10-13)14-6-8-22(9-7-14)17(23)18-11-16-19-12-21(2)20-16/h3-6,10,12H,7-9,11H2,1-2H3,(H,18,23). The van der Waals surface area contributed by atoms with Crippen LogP contribution in [0.25, 0.3) is 5.57 Å². The van der Waals surface area contributed by atoms with Crippen LogP contribution >= 0.6 is 0 Å². The number of nitrogens with one attached hydrogen (secondary N) is 1. The molecule has 0 saturated heterocycles. The highest BCUT2D eigenvalue weighted by Gasteiger charge is 2.18. The van der Waals surface area contributed by atoms with Gasteiger partial charge in [-0.3, -0.25) is 4.68 Å². The summed E-state index contributed by atoms with van der Waals surface area (Å²) in [5, 5.41) is 7.01. The quantitative estimate of drug-likeness (QED) is 0.944. The van der Waals surface area contributed by atoms with Crippen molar-refractivity contribution in [1.82, 2.24) is 25.0 Å². The zero-order valence-corrected chi connectivity index (χ0v) is 13.5. The number of aromatic nitrogens is 3. The Hall–Kier alpha value is -2.63. The molecule has 2 aromatic rings. The van der Waals surface area contributed by atoms with Gasteiger partial charge in [-0.25, -0.2) is 9.78 Å². The number of carbonyl (C=O) groups excluding carboxylic acids is 1. The minimum Gasteiger partial charge on any atom is -0.331 e. The predicted octanol–water partition coefficient (Wildman–Crippen LogP) is 2.12. The van der Waals surface area contributed by atoms with Crippen molar-refractivity contribution in [3.63, 3.8) is 0 Å². The molecule has 0 saturated carbocycles. The van der Waals surface area contributed by atoms with Gasteiger partial charge in [-0.2, -0.15) is 5.10 Å². The maximum absolute atomic E-state index is 12.2. The van der Waals surface area contributed by atoms with Gasteiger partial charge in [0, 0.05) is 20.1 Å². The Morgan fingerprint density at radius 1 is 1.39 bits per heavy atom. The van der Waals surface area contributed by atoms with E-state index in [1.54, 1.807) is 18.1 Å². The van der Waals surface area contributed by atoms with Gasteiger partial charge in [0.05, 0.1) is 6.54 Å². The number of rotatable bonds is 3. The third-order valence-electron chi connectivity index (χ3n) is 3.93. The van der Waals surface area contributed by atoms with Gasteiger partial charge in [-0.1, -0.05) is 35.9 Å². The normalized spacial score (nSPS) is 14.5. The van der Waals surface area contributed by atoms with Gasteiger partial charge >= 0.3 is 6.03 Å². The van der Waals surface area contributed by atoms with E-state index in [9.17, 15) is 4.79 Å². The Balaban J connectivity index is 1.56. The third-order valence-corrected chi connectivity index (χ3v) is 3.93. The van der Waals surface area contributed by atoms with Crippen molar-refractivity contribution < 1.29 is 4.79 Å². The van der Waals surface area contributed by atoms with E-state index >= 15 is 0 Å². The van der Waals surface area contributed by atoms with E-state index in [4.69, 9.17) is 0 Å². The molecule has 1 N–H and O–H groups in total. The molecule has 1 aliphatic heterocycles. The van der Waals surface area contributed by atoms with Crippen molar-refractivity contribution in [1.29, 1.82) is 0 Å². The maximum Gasteiger partial charge on any atom is 0.318 e. The summed E-state index contributed by atoms with van der Waals surface area (Å²) in [5.41, 5.74) is 3.82. The second-order valence-electron chi connectivity index (χ2n) is 5.79. The van der Waals surface area contributed by atoms with Gasteiger partial charge in [0.25, 0.3) is 0 Å². The van der Waals surface area contributed by atoms with Gasteiger partial charge < -0.3 is 10.2 Å². The summed E-state index contributed by atoms with van der Waals surface area (Å²) in [7, 11) is 1.81. The molecule has 2 heterocycles. The monoisotopic (exact) mass is 311 g/mol. The van der Waals surface area contributed by atoms with Crippen molar-refractivity contribution in [2.75, 3.05) is 13.1 Å². The molecule has 0 radical (unpaired) electrons. The molecule has 0 atom stereocenters. The van der Waals surface area contributed by atoms with E-state index in [2.05, 4.69) is 52.7 Å². The van der Waals surface area contributed by atoms with Crippen LogP contribution in [-0.4, -0.2) is 38.8 Å². The van der Waals surface area contributed by atoms with Crippen LogP contribution in [0.3, 0.4) is 0 Å². The van der Waals surface area contributed by atoms with Crippen LogP contribution in [0.2, 0.25) is 0 Å². The van der Waals surface area contributed by atoms with Crippen LogP contribution in [0.5, 0.6) is 0 Å². The summed E-state index contributed by atoms with van der Waals surface area (Å²) >= 11 is 0. The topological polar surface area (TPSA) is 63.1 Å². The van der Waals surface area contributed by atoms with E-state index in [-0.39, 0.29) is 6.03 Å². The first-order valence-electron chi connectivity index (χ1n) is 7.75. The Kier molecular flexibility index (Phi) is 4.41. The first kappa shape index (κ1) is 15.3. The third kappa shape index (κ3) is 3.77. The highest BCUT2D eigenvalue weighted by Crippen LogP contribution is 2.23. The summed E-state index contributed by atoms with van der Waals surface area (Å²) in [6.45, 7) is 3.80. The second-order valence-corrected chi connectivity index (χ2v) is 5.79. The number of nitrogens with zero attached hydrogens (tertiary/aromatic N) is 4. The SMILES string of the molecule is Cc1cccc(C2=CCN(C(=O)NCc3ncn(C)n3)CC2)c1. The largest absolute Gasteiger partial charge is 0.331 e. The maximum atomic E-state index is 12.2. The van der Waals surface area contributed by atoms with E-state index in [1.807, 2.05) is 4.90 Å². The molecule has 0 unspecified atom stereocenters. The molecule has 1 aromatic heterocycles. The molecule has 0 aliphatic carbocycles. The van der Waals surface area contributed by atoms with Crippen molar-refractivity contribution in [3.8, 4) is 0 Å². The lowest BCUT2D eigenvalue weighted by Gasteiger charge is -2.26. The number of urea groups is 1. The molecule has 1 aromatic carbocycles. The Morgan fingerprint density at radius 2 is 2.26 bits per heavy atom. The Morgan fingerprint density at radius 3 is 2.91 bits per heavy atom. The molecule has 23 heavy (non-hydrogen) atoms. The molecule has 1 aliphatic rings. The van der Waals surface area contributed by atoms with E-state index in [1.165, 1.54) is 16.7 Å². The van der Waals surface area contributed by atoms with Crippen LogP contribution in [0.15, 0.2) is 36.7 Å². The van der Waals surface area contributed by atoms with Gasteiger partial charge in [0.15, 0.2) is 5.82 Å². The lowest BCUT2D eigenvalue weighted by Crippen LogP contribution is -2.41. The summed E-state index contributed by atoms with van der Waals surface area (Å²) in [5.74, 6) is 0.619. The lowest BCUT2D eigenvalue weighted by molar-refractivity contribution is 0.202. The first-order chi connectivity index (χ1) is 11.1. The predicted molar refractivity (Wildman–Crippen MR) is 88.6 cm³/mol. The van der Waals surface area contributed by atoms with Gasteiger partial charge in [-0.15, -0.1) is 0 Å². The molecule has 6 nitrogen and oxygen atoms in total. The second kappa shape index (κ2) is 6.64. The first-order valence-corrected chi connectivity index (χ1v) is 7.75. The minimum absolute atomic E-state index is 0.0722. The van der Waals surface area contributed by atoms with E-state index in [0.29, 0.717) is 18.9 Å². The fourth-order valence-electron chi connectivity index (χ4n) is 2.69. The van der Waals surface area contributed by atoms with Crippen molar-refractivity contribution >= 4 is 11.6 Å². The fraction of sp³-hybridized carbons (Fsp3) is 0.353. The molecule has 0 bridgehead atoms. The van der Waals surface area contributed by atoms with Gasteiger partial charge in [-0.05, 0) is 24.5 Å². The molecule has 0 fully saturated rings. The van der Waals surface area contributed by atoms with Crippen molar-refractivity contribution in [2.24, 2.45) is 7.05 Å². The highest BCUT2D eigenvalue weighted by atomic mass is 16.2. The number of hydrogen-bond donors (Lipinski definition) is 1. The molecule has 6 heteroatoms. The minimum atomic E-state index is -0.0722. The summed E-state index contributed by atoms with van der Waals surface area (Å²) < 4.78 is 1.62. The van der Waals surface area contributed by atoms with Gasteiger partial charge in [0.2, 0.25) is 0 Å². The molecule has 120 valence electrons. The molecule has 0 spiro atoms. The molecule has 2 amide bonds. The Labute approximate surface area is 135 Å². The molecular formula is C17H21N5O. The van der Waals surface area contributed by atoms with Crippen molar-refractivity contribution in [3.05, 3.63) is 53.6 Å². The van der Waals surface area contributed by atoms with E-state index < -0.39 is 0 Å². The number of aryl methyl sites for hydroxylation is 2. The number of benzene rings is 1. The van der Waals surface area contributed by atoms with E-state index in [0.717, 1.165) is 13.0 Å². The highest BCUT2D eigenvalue weighted by molar-refractivity contribution is 5.76. The summed E-state index contributed by atoms with van der Waals surface area (Å²) in [4.78, 5) is 18.1. The Bertz CT molecular complexity index is 734. The van der Waals surface area contributed by atoms with Crippen LogP contribution in [0.1, 0.15) is 23.4 Å². The van der Waals surface area contributed by atoms with Crippen LogP contribution in [-0.2, 0) is 13.6 Å². The summed E-state index contributed by atoms with van der Waals surface area (Å²) in [6, 6.07) is 8.41. The average Bonchev–Trinajstić information content (AvgIpc) is 2.98. The van der Waals surface area contributed by atoms with Crippen LogP contribution < -0.4 is 5.32 Å². The lowest BCUT2D eigenvalue weighted by atomic mass is 9.98. The molecular weight excluding hydrogens is 290 g/mol. The van der Waals surface area contributed by atoms with Crippen molar-refractivity contribution in [2.45, 2.75) is 19.9 Å². The smallest absolute Gasteiger partial charge is 0.318 e. The number of amides is 2. The molecule has 3 rings (SSSR count). The van der Waals surface area contributed by atoms with Crippen LogP contribution in [0, 0.1) is 6.92 Å². The number of hydrogen-bond acceptors (Lipinski definition) is 3. The van der Waals surface area contributed by atoms with Crippen LogP contribution in [0.4, 0.5) is 4.79 Å². The fourth-order valence-corrected chi connectivity index (χ4v) is 2.69. The zero-order chi connectivity index (χ0) is 16.2. The zero-order valence-electron chi connectivity index (χ0n) is 13.5.